The standard InChI is InChI=1S/C14H19N3O/c1-2-16-9-7-11(8-10-16)17-13-6-4-3-5-12(13)15-14(17)18/h3-6,11H,2,7-10H2,1H3,(H,15,18). The summed E-state index contributed by atoms with van der Waals surface area (Å²) in [5.41, 5.74) is 2.02. The number of hydrogen-bond acceptors (Lipinski definition) is 2. The van der Waals surface area contributed by atoms with Gasteiger partial charge in [-0.2, -0.15) is 0 Å². The number of benzene rings is 1. The Labute approximate surface area is 106 Å². The summed E-state index contributed by atoms with van der Waals surface area (Å²) in [7, 11) is 0. The quantitative estimate of drug-likeness (QED) is 0.879. The lowest BCUT2D eigenvalue weighted by atomic mass is 10.0. The van der Waals surface area contributed by atoms with E-state index in [0.29, 0.717) is 6.04 Å². The molecule has 2 aromatic rings. The van der Waals surface area contributed by atoms with Crippen LogP contribution in [0.15, 0.2) is 29.1 Å². The smallest absolute Gasteiger partial charge is 0.306 e. The molecule has 0 aliphatic carbocycles. The lowest BCUT2D eigenvalue weighted by molar-refractivity contribution is 0.195. The van der Waals surface area contributed by atoms with Gasteiger partial charge in [0.2, 0.25) is 0 Å². The number of fused-ring (bicyclic) bond motifs is 1. The normalized spacial score (nSPS) is 18.5. The number of nitrogens with one attached hydrogen (secondary N) is 1. The monoisotopic (exact) mass is 245 g/mol. The lowest BCUT2D eigenvalue weighted by Gasteiger charge is -2.31. The molecule has 1 fully saturated rings. The molecule has 2 heterocycles. The molecule has 3 rings (SSSR count). The number of H-pyrrole nitrogens is 1. The molecule has 1 saturated heterocycles. The van der Waals surface area contributed by atoms with Gasteiger partial charge in [0.1, 0.15) is 0 Å². The topological polar surface area (TPSA) is 41.0 Å². The van der Waals surface area contributed by atoms with E-state index in [1.54, 1.807) is 0 Å². The molecule has 96 valence electrons. The highest BCUT2D eigenvalue weighted by atomic mass is 16.1. The first-order valence-electron chi connectivity index (χ1n) is 6.71. The van der Waals surface area contributed by atoms with Crippen molar-refractivity contribution in [2.75, 3.05) is 19.6 Å². The van der Waals surface area contributed by atoms with Crippen LogP contribution in [0.25, 0.3) is 11.0 Å². The van der Waals surface area contributed by atoms with E-state index in [1.807, 2.05) is 28.8 Å². The Morgan fingerprint density at radius 1 is 1.28 bits per heavy atom. The van der Waals surface area contributed by atoms with Crippen LogP contribution in [0.5, 0.6) is 0 Å². The zero-order chi connectivity index (χ0) is 12.5. The third-order valence-corrected chi connectivity index (χ3v) is 3.99. The Morgan fingerprint density at radius 3 is 2.72 bits per heavy atom. The molecular weight excluding hydrogens is 226 g/mol. The molecule has 0 bridgehead atoms. The Balaban J connectivity index is 1.95. The molecule has 1 aliphatic heterocycles. The van der Waals surface area contributed by atoms with Crippen LogP contribution >= 0.6 is 0 Å². The molecule has 0 atom stereocenters. The zero-order valence-electron chi connectivity index (χ0n) is 10.7. The van der Waals surface area contributed by atoms with Crippen LogP contribution in [-0.2, 0) is 0 Å². The average Bonchev–Trinajstić information content (AvgIpc) is 2.75. The molecule has 1 aromatic carbocycles. The van der Waals surface area contributed by atoms with Crippen LogP contribution in [0, 0.1) is 0 Å². The van der Waals surface area contributed by atoms with Crippen LogP contribution in [0.2, 0.25) is 0 Å². The molecule has 4 heteroatoms. The third kappa shape index (κ3) is 1.86. The van der Waals surface area contributed by atoms with Crippen molar-refractivity contribution in [2.24, 2.45) is 0 Å². The highest BCUT2D eigenvalue weighted by molar-refractivity contribution is 5.75. The van der Waals surface area contributed by atoms with Crippen molar-refractivity contribution in [1.82, 2.24) is 14.5 Å². The van der Waals surface area contributed by atoms with E-state index in [4.69, 9.17) is 0 Å². The second-order valence-corrected chi connectivity index (χ2v) is 4.98. The van der Waals surface area contributed by atoms with Crippen LogP contribution in [0.4, 0.5) is 0 Å². The molecule has 18 heavy (non-hydrogen) atoms. The van der Waals surface area contributed by atoms with Crippen molar-refractivity contribution in [2.45, 2.75) is 25.8 Å². The molecule has 1 N–H and O–H groups in total. The van der Waals surface area contributed by atoms with Crippen molar-refractivity contribution >= 4 is 11.0 Å². The maximum atomic E-state index is 12.1. The number of imidazole rings is 1. The number of nitrogens with zero attached hydrogens (tertiary/aromatic N) is 2. The molecule has 4 nitrogen and oxygen atoms in total. The first-order valence-corrected chi connectivity index (χ1v) is 6.71. The van der Waals surface area contributed by atoms with E-state index in [9.17, 15) is 4.79 Å². The van der Waals surface area contributed by atoms with Crippen LogP contribution < -0.4 is 5.69 Å². The zero-order valence-corrected chi connectivity index (χ0v) is 10.7. The molecule has 1 aromatic heterocycles. The molecule has 0 radical (unpaired) electrons. The Morgan fingerprint density at radius 2 is 2.00 bits per heavy atom. The number of hydrogen-bond donors (Lipinski definition) is 1. The maximum Gasteiger partial charge on any atom is 0.326 e. The number of likely N-dealkylation sites (tertiary alicyclic amines) is 1. The van der Waals surface area contributed by atoms with Crippen molar-refractivity contribution in [3.05, 3.63) is 34.7 Å². The highest BCUT2D eigenvalue weighted by Crippen LogP contribution is 2.24. The fraction of sp³-hybridized carbons (Fsp3) is 0.500. The maximum absolute atomic E-state index is 12.1. The van der Waals surface area contributed by atoms with Crippen LogP contribution in [-0.4, -0.2) is 34.1 Å². The molecular formula is C14H19N3O. The Bertz CT molecular complexity index is 590. The number of aromatic nitrogens is 2. The van der Waals surface area contributed by atoms with E-state index in [1.165, 1.54) is 0 Å². The predicted molar refractivity (Wildman–Crippen MR) is 72.9 cm³/mol. The fourth-order valence-corrected chi connectivity index (χ4v) is 2.93. The Kier molecular flexibility index (Phi) is 2.96. The van der Waals surface area contributed by atoms with E-state index in [-0.39, 0.29) is 5.69 Å². The highest BCUT2D eigenvalue weighted by Gasteiger charge is 2.22. The summed E-state index contributed by atoms with van der Waals surface area (Å²) in [6.07, 6.45) is 2.13. The van der Waals surface area contributed by atoms with Crippen molar-refractivity contribution in [3.63, 3.8) is 0 Å². The Hall–Kier alpha value is -1.55. The van der Waals surface area contributed by atoms with Crippen molar-refractivity contribution in [1.29, 1.82) is 0 Å². The largest absolute Gasteiger partial charge is 0.326 e. The minimum absolute atomic E-state index is 0.0335. The van der Waals surface area contributed by atoms with Crippen molar-refractivity contribution < 1.29 is 0 Å². The minimum atomic E-state index is 0.0335. The molecule has 0 amide bonds. The number of aromatic amines is 1. The summed E-state index contributed by atoms with van der Waals surface area (Å²) in [5, 5.41) is 0. The van der Waals surface area contributed by atoms with Crippen molar-refractivity contribution in [3.8, 4) is 0 Å². The summed E-state index contributed by atoms with van der Waals surface area (Å²) in [5.74, 6) is 0. The third-order valence-electron chi connectivity index (χ3n) is 3.99. The van der Waals surface area contributed by atoms with Gasteiger partial charge < -0.3 is 9.88 Å². The van der Waals surface area contributed by atoms with Gasteiger partial charge in [-0.05, 0) is 31.5 Å². The van der Waals surface area contributed by atoms with E-state index in [0.717, 1.165) is 43.5 Å². The van der Waals surface area contributed by atoms with E-state index >= 15 is 0 Å². The first kappa shape index (κ1) is 11.5. The van der Waals surface area contributed by atoms with Crippen LogP contribution in [0.1, 0.15) is 25.8 Å². The van der Waals surface area contributed by atoms with Gasteiger partial charge in [0.05, 0.1) is 11.0 Å². The van der Waals surface area contributed by atoms with Gasteiger partial charge in [0.15, 0.2) is 0 Å². The number of piperidine rings is 1. The van der Waals surface area contributed by atoms with Gasteiger partial charge in [-0.3, -0.25) is 4.57 Å². The predicted octanol–water partition coefficient (Wildman–Crippen LogP) is 1.99. The number of rotatable bonds is 2. The van der Waals surface area contributed by atoms with E-state index in [2.05, 4.69) is 16.8 Å². The van der Waals surface area contributed by atoms with Gasteiger partial charge in [0.25, 0.3) is 0 Å². The van der Waals surface area contributed by atoms with E-state index < -0.39 is 0 Å². The first-order chi connectivity index (χ1) is 8.79. The van der Waals surface area contributed by atoms with Gasteiger partial charge in [-0.15, -0.1) is 0 Å². The second-order valence-electron chi connectivity index (χ2n) is 4.98. The molecule has 1 aliphatic rings. The summed E-state index contributed by atoms with van der Waals surface area (Å²) in [6.45, 7) is 5.48. The average molecular weight is 245 g/mol. The summed E-state index contributed by atoms with van der Waals surface area (Å²) in [6, 6.07) is 8.29. The van der Waals surface area contributed by atoms with Crippen LogP contribution in [0.3, 0.4) is 0 Å². The minimum Gasteiger partial charge on any atom is -0.306 e. The fourth-order valence-electron chi connectivity index (χ4n) is 2.93. The summed E-state index contributed by atoms with van der Waals surface area (Å²) >= 11 is 0. The summed E-state index contributed by atoms with van der Waals surface area (Å²) < 4.78 is 1.95. The SMILES string of the molecule is CCN1CCC(n2c(=O)[nH]c3ccccc32)CC1. The molecule has 0 unspecified atom stereocenters. The van der Waals surface area contributed by atoms with Gasteiger partial charge >= 0.3 is 5.69 Å². The van der Waals surface area contributed by atoms with Gasteiger partial charge in [0, 0.05) is 19.1 Å². The molecule has 0 saturated carbocycles. The number of para-hydroxylation sites is 2. The molecule has 0 spiro atoms. The van der Waals surface area contributed by atoms with Gasteiger partial charge in [-0.1, -0.05) is 19.1 Å². The van der Waals surface area contributed by atoms with Gasteiger partial charge in [-0.25, -0.2) is 4.79 Å². The lowest BCUT2D eigenvalue weighted by Crippen LogP contribution is -2.36. The summed E-state index contributed by atoms with van der Waals surface area (Å²) in [4.78, 5) is 17.5. The second kappa shape index (κ2) is 4.61.